The second kappa shape index (κ2) is 10.8. The van der Waals surface area contributed by atoms with E-state index in [2.05, 4.69) is 15.5 Å². The Morgan fingerprint density at radius 3 is 2.59 bits per heavy atom. The van der Waals surface area contributed by atoms with Crippen molar-refractivity contribution in [2.75, 3.05) is 41.3 Å². The van der Waals surface area contributed by atoms with Crippen LogP contribution in [0, 0.1) is 0 Å². The van der Waals surface area contributed by atoms with Gasteiger partial charge < -0.3 is 26.0 Å². The fourth-order valence-electron chi connectivity index (χ4n) is 4.43. The number of carbonyl (C=O) groups excluding carboxylic acids is 3. The van der Waals surface area contributed by atoms with Gasteiger partial charge in [-0.05, 0) is 48.9 Å². The Hall–Kier alpha value is -3.60. The van der Waals surface area contributed by atoms with Gasteiger partial charge >= 0.3 is 6.09 Å². The molecule has 11 heteroatoms. The Morgan fingerprint density at radius 2 is 1.89 bits per heavy atom. The van der Waals surface area contributed by atoms with Gasteiger partial charge in [-0.15, -0.1) is 11.3 Å². The predicted molar refractivity (Wildman–Crippen MR) is 145 cm³/mol. The number of cyclic esters (lactones) is 1. The summed E-state index contributed by atoms with van der Waals surface area (Å²) in [5.41, 5.74) is 8.66. The Labute approximate surface area is 223 Å². The fourth-order valence-corrected chi connectivity index (χ4v) is 5.39. The first-order chi connectivity index (χ1) is 17.9. The number of thiophene rings is 1. The summed E-state index contributed by atoms with van der Waals surface area (Å²) in [6.45, 7) is 1.87. The molecule has 1 unspecified atom stereocenters. The molecular formula is C26H26ClN5O4S. The third-order valence-corrected chi connectivity index (χ3v) is 7.53. The Morgan fingerprint density at radius 1 is 1.08 bits per heavy atom. The summed E-state index contributed by atoms with van der Waals surface area (Å²) in [5, 5.41) is 5.79. The molecule has 192 valence electrons. The molecule has 2 aromatic carbocycles. The number of benzene rings is 2. The van der Waals surface area contributed by atoms with E-state index in [0.29, 0.717) is 32.7 Å². The van der Waals surface area contributed by atoms with Gasteiger partial charge in [0, 0.05) is 30.4 Å². The highest BCUT2D eigenvalue weighted by Crippen LogP contribution is 2.34. The molecule has 3 aromatic rings. The molecule has 3 amide bonds. The van der Waals surface area contributed by atoms with Crippen LogP contribution in [0.4, 0.5) is 21.9 Å². The van der Waals surface area contributed by atoms with Crippen molar-refractivity contribution < 1.29 is 19.1 Å². The average molecular weight is 540 g/mol. The van der Waals surface area contributed by atoms with Gasteiger partial charge in [-0.3, -0.25) is 14.5 Å². The zero-order valence-corrected chi connectivity index (χ0v) is 21.4. The normalized spacial score (nSPS) is 19.1. The van der Waals surface area contributed by atoms with E-state index >= 15 is 0 Å². The van der Waals surface area contributed by atoms with E-state index in [-0.39, 0.29) is 30.9 Å². The third kappa shape index (κ3) is 5.71. The predicted octanol–water partition coefficient (Wildman–Crippen LogP) is 3.95. The van der Waals surface area contributed by atoms with Crippen LogP contribution in [0.25, 0.3) is 0 Å². The SMILES string of the molecule is NC1CCN(c2ccc(N3C[C@@H](CNC(=O)c4ccc(Cl)s4)OC3=O)cc2NC(=O)c2ccccc2)C1. The molecule has 37 heavy (non-hydrogen) atoms. The van der Waals surface area contributed by atoms with E-state index in [1.54, 1.807) is 42.5 Å². The molecule has 2 fully saturated rings. The molecule has 4 N–H and O–H groups in total. The minimum Gasteiger partial charge on any atom is -0.442 e. The zero-order chi connectivity index (χ0) is 25.9. The van der Waals surface area contributed by atoms with Crippen molar-refractivity contribution in [2.45, 2.75) is 18.6 Å². The van der Waals surface area contributed by atoms with E-state index in [4.69, 9.17) is 22.1 Å². The maximum atomic E-state index is 13.0. The van der Waals surface area contributed by atoms with Gasteiger partial charge in [0.2, 0.25) is 0 Å². The van der Waals surface area contributed by atoms with E-state index < -0.39 is 12.2 Å². The maximum absolute atomic E-state index is 13.0. The van der Waals surface area contributed by atoms with E-state index in [9.17, 15) is 14.4 Å². The number of hydrogen-bond donors (Lipinski definition) is 3. The minimum atomic E-state index is -0.523. The molecule has 2 atom stereocenters. The van der Waals surface area contributed by atoms with Crippen LogP contribution in [0.3, 0.4) is 0 Å². The van der Waals surface area contributed by atoms with Crippen LogP contribution in [-0.4, -0.2) is 56.2 Å². The molecule has 2 saturated heterocycles. The highest BCUT2D eigenvalue weighted by atomic mass is 35.5. The fraction of sp³-hybridized carbons (Fsp3) is 0.269. The summed E-state index contributed by atoms with van der Waals surface area (Å²) in [4.78, 5) is 42.1. The third-order valence-electron chi connectivity index (χ3n) is 6.30. The van der Waals surface area contributed by atoms with Gasteiger partial charge in [-0.1, -0.05) is 29.8 Å². The number of carbonyl (C=O) groups is 3. The van der Waals surface area contributed by atoms with Gasteiger partial charge in [0.15, 0.2) is 0 Å². The van der Waals surface area contributed by atoms with Crippen molar-refractivity contribution in [1.82, 2.24) is 5.32 Å². The number of nitrogens with one attached hydrogen (secondary N) is 2. The summed E-state index contributed by atoms with van der Waals surface area (Å²) in [6, 6.07) is 17.8. The lowest BCUT2D eigenvalue weighted by molar-refractivity contribution is 0.0919. The topological polar surface area (TPSA) is 117 Å². The number of amides is 3. The number of nitrogens with zero attached hydrogens (tertiary/aromatic N) is 2. The first kappa shape index (κ1) is 25.1. The van der Waals surface area contributed by atoms with Crippen LogP contribution < -0.4 is 26.2 Å². The molecule has 0 saturated carbocycles. The van der Waals surface area contributed by atoms with Crippen LogP contribution in [0.2, 0.25) is 4.34 Å². The standard InChI is InChI=1S/C26H26ClN5O4S/c27-23-9-8-22(37-23)25(34)29-13-19-15-32(26(35)36-19)18-6-7-21(31-11-10-17(28)14-31)20(12-18)30-24(33)16-4-2-1-3-5-16/h1-9,12,17,19H,10-11,13-15,28H2,(H,29,34)(H,30,33)/t17?,19-/m1/s1. The van der Waals surface area contributed by atoms with Crippen LogP contribution in [0.1, 0.15) is 26.5 Å². The van der Waals surface area contributed by atoms with E-state index in [1.165, 1.54) is 16.2 Å². The molecule has 2 aliphatic rings. The van der Waals surface area contributed by atoms with Crippen LogP contribution in [0.15, 0.2) is 60.7 Å². The van der Waals surface area contributed by atoms with Crippen molar-refractivity contribution in [1.29, 1.82) is 0 Å². The molecule has 0 radical (unpaired) electrons. The number of hydrogen-bond acceptors (Lipinski definition) is 7. The van der Waals surface area contributed by atoms with Gasteiger partial charge in [0.05, 0.1) is 33.7 Å². The highest BCUT2D eigenvalue weighted by molar-refractivity contribution is 7.18. The van der Waals surface area contributed by atoms with Crippen molar-refractivity contribution in [2.24, 2.45) is 5.73 Å². The number of nitrogens with two attached hydrogens (primary N) is 1. The summed E-state index contributed by atoms with van der Waals surface area (Å²) in [7, 11) is 0. The summed E-state index contributed by atoms with van der Waals surface area (Å²) in [6.07, 6.45) is -0.183. The monoisotopic (exact) mass is 539 g/mol. The Kier molecular flexibility index (Phi) is 7.31. The number of halogens is 1. The van der Waals surface area contributed by atoms with Crippen LogP contribution >= 0.6 is 22.9 Å². The second-order valence-electron chi connectivity index (χ2n) is 8.95. The maximum Gasteiger partial charge on any atom is 0.414 e. The smallest absolute Gasteiger partial charge is 0.414 e. The van der Waals surface area contributed by atoms with Crippen molar-refractivity contribution >= 4 is 57.9 Å². The summed E-state index contributed by atoms with van der Waals surface area (Å²) >= 11 is 7.09. The molecule has 0 spiro atoms. The zero-order valence-electron chi connectivity index (χ0n) is 19.9. The quantitative estimate of drug-likeness (QED) is 0.418. The first-order valence-electron chi connectivity index (χ1n) is 11.9. The summed E-state index contributed by atoms with van der Waals surface area (Å²) in [5.74, 6) is -0.522. The van der Waals surface area contributed by atoms with Gasteiger partial charge in [-0.2, -0.15) is 0 Å². The van der Waals surface area contributed by atoms with E-state index in [1.807, 2.05) is 18.2 Å². The highest BCUT2D eigenvalue weighted by Gasteiger charge is 2.33. The Bertz CT molecular complexity index is 1320. The summed E-state index contributed by atoms with van der Waals surface area (Å²) < 4.78 is 6.02. The average Bonchev–Trinajstić information content (AvgIpc) is 3.63. The Balaban J connectivity index is 1.32. The molecule has 5 rings (SSSR count). The number of rotatable bonds is 7. The molecule has 9 nitrogen and oxygen atoms in total. The van der Waals surface area contributed by atoms with Gasteiger partial charge in [0.25, 0.3) is 11.8 Å². The van der Waals surface area contributed by atoms with Crippen LogP contribution in [0.5, 0.6) is 0 Å². The lowest BCUT2D eigenvalue weighted by Gasteiger charge is -2.24. The molecular weight excluding hydrogens is 514 g/mol. The molecule has 0 aliphatic carbocycles. The largest absolute Gasteiger partial charge is 0.442 e. The minimum absolute atomic E-state index is 0.0621. The van der Waals surface area contributed by atoms with Crippen molar-refractivity contribution in [3.63, 3.8) is 0 Å². The second-order valence-corrected chi connectivity index (χ2v) is 10.7. The number of anilines is 3. The number of ether oxygens (including phenoxy) is 1. The van der Waals surface area contributed by atoms with Crippen LogP contribution in [-0.2, 0) is 4.74 Å². The lowest BCUT2D eigenvalue weighted by Crippen LogP contribution is -2.34. The molecule has 1 aromatic heterocycles. The lowest BCUT2D eigenvalue weighted by atomic mass is 10.1. The molecule has 0 bridgehead atoms. The van der Waals surface area contributed by atoms with Crippen molar-refractivity contribution in [3.8, 4) is 0 Å². The van der Waals surface area contributed by atoms with E-state index in [0.717, 1.165) is 18.7 Å². The molecule has 3 heterocycles. The van der Waals surface area contributed by atoms with Crippen molar-refractivity contribution in [3.05, 3.63) is 75.4 Å². The first-order valence-corrected chi connectivity index (χ1v) is 13.1. The van der Waals surface area contributed by atoms with Gasteiger partial charge in [-0.25, -0.2) is 4.79 Å². The molecule has 2 aliphatic heterocycles. The van der Waals surface area contributed by atoms with Gasteiger partial charge in [0.1, 0.15) is 6.10 Å².